The van der Waals surface area contributed by atoms with Gasteiger partial charge in [0.25, 0.3) is 5.91 Å². The Labute approximate surface area is 154 Å². The molecule has 0 radical (unpaired) electrons. The molecule has 6 heteroatoms. The van der Waals surface area contributed by atoms with Gasteiger partial charge in [-0.3, -0.25) is 9.59 Å². The van der Waals surface area contributed by atoms with Gasteiger partial charge >= 0.3 is 0 Å². The Kier molecular flexibility index (Phi) is 6.72. The van der Waals surface area contributed by atoms with Gasteiger partial charge in [0.15, 0.2) is 0 Å². The molecule has 0 aliphatic rings. The van der Waals surface area contributed by atoms with Gasteiger partial charge in [0, 0.05) is 11.8 Å². The fourth-order valence-corrected chi connectivity index (χ4v) is 2.44. The number of carbonyl (C=O) groups excluding carboxylic acids is 2. The van der Waals surface area contributed by atoms with Crippen LogP contribution in [0.2, 0.25) is 0 Å². The average molecular weight is 355 g/mol. The predicted molar refractivity (Wildman–Crippen MR) is 101 cm³/mol. The molecule has 138 valence electrons. The minimum absolute atomic E-state index is 0.0774. The van der Waals surface area contributed by atoms with Crippen molar-refractivity contribution in [1.82, 2.24) is 10.3 Å². The average Bonchev–Trinajstić information content (AvgIpc) is 2.60. The molecule has 6 nitrogen and oxygen atoms in total. The molecule has 2 amide bonds. The lowest BCUT2D eigenvalue weighted by Gasteiger charge is -2.21. The van der Waals surface area contributed by atoms with Gasteiger partial charge in [-0.2, -0.15) is 0 Å². The molecular weight excluding hydrogens is 330 g/mol. The van der Waals surface area contributed by atoms with E-state index in [0.29, 0.717) is 23.7 Å². The summed E-state index contributed by atoms with van der Waals surface area (Å²) in [6.45, 7) is 8.15. The monoisotopic (exact) mass is 355 g/mol. The highest BCUT2D eigenvalue weighted by molar-refractivity contribution is 6.01. The van der Waals surface area contributed by atoms with Crippen molar-refractivity contribution >= 4 is 17.6 Å². The van der Waals surface area contributed by atoms with Crippen LogP contribution in [0.1, 0.15) is 36.7 Å². The van der Waals surface area contributed by atoms with Gasteiger partial charge in [-0.1, -0.05) is 13.8 Å². The smallest absolute Gasteiger partial charge is 0.251 e. The summed E-state index contributed by atoms with van der Waals surface area (Å²) in [6.07, 6.45) is 1.63. The first-order chi connectivity index (χ1) is 12.4. The summed E-state index contributed by atoms with van der Waals surface area (Å²) in [4.78, 5) is 29.2. The van der Waals surface area contributed by atoms with E-state index < -0.39 is 6.04 Å². The summed E-state index contributed by atoms with van der Waals surface area (Å²) >= 11 is 0. The molecule has 0 aliphatic heterocycles. The van der Waals surface area contributed by atoms with Crippen LogP contribution in [0.25, 0.3) is 0 Å². The van der Waals surface area contributed by atoms with E-state index in [1.807, 2.05) is 33.8 Å². The van der Waals surface area contributed by atoms with Crippen LogP contribution in [-0.2, 0) is 4.79 Å². The van der Waals surface area contributed by atoms with E-state index in [1.165, 1.54) is 0 Å². The number of nitrogens with zero attached hydrogens (tertiary/aromatic N) is 1. The largest absolute Gasteiger partial charge is 0.494 e. The quantitative estimate of drug-likeness (QED) is 0.799. The summed E-state index contributed by atoms with van der Waals surface area (Å²) in [5.74, 6) is 0.492. The number of ether oxygens (including phenoxy) is 1. The Morgan fingerprint density at radius 3 is 2.42 bits per heavy atom. The number of rotatable bonds is 7. The first-order valence-electron chi connectivity index (χ1n) is 8.68. The summed E-state index contributed by atoms with van der Waals surface area (Å²) in [5, 5.41) is 5.56. The van der Waals surface area contributed by atoms with E-state index in [2.05, 4.69) is 15.6 Å². The van der Waals surface area contributed by atoms with E-state index in [4.69, 9.17) is 4.74 Å². The number of benzene rings is 1. The van der Waals surface area contributed by atoms with Crippen LogP contribution < -0.4 is 15.4 Å². The molecule has 1 aromatic heterocycles. The van der Waals surface area contributed by atoms with Gasteiger partial charge < -0.3 is 15.4 Å². The van der Waals surface area contributed by atoms with Crippen LogP contribution >= 0.6 is 0 Å². The topological polar surface area (TPSA) is 80.3 Å². The third-order valence-electron chi connectivity index (χ3n) is 3.83. The van der Waals surface area contributed by atoms with E-state index >= 15 is 0 Å². The molecular formula is C20H25N3O3. The molecule has 1 aromatic carbocycles. The molecule has 1 atom stereocenters. The SMILES string of the molecule is CCOc1ccc(C(=O)NC(C(=O)Nc2cc(C)ccn2)C(C)C)cc1. The van der Waals surface area contributed by atoms with Crippen molar-refractivity contribution in [2.75, 3.05) is 11.9 Å². The van der Waals surface area contributed by atoms with Crippen molar-refractivity contribution in [3.05, 3.63) is 53.7 Å². The van der Waals surface area contributed by atoms with E-state index in [-0.39, 0.29) is 17.7 Å². The summed E-state index contributed by atoms with van der Waals surface area (Å²) in [6, 6.07) is 9.79. The van der Waals surface area contributed by atoms with Crippen LogP contribution in [0.15, 0.2) is 42.6 Å². The molecule has 2 rings (SSSR count). The Morgan fingerprint density at radius 2 is 1.85 bits per heavy atom. The maximum atomic E-state index is 12.6. The normalized spacial score (nSPS) is 11.7. The van der Waals surface area contributed by atoms with Crippen LogP contribution in [0, 0.1) is 12.8 Å². The molecule has 0 spiro atoms. The minimum atomic E-state index is -0.670. The van der Waals surface area contributed by atoms with Crippen LogP contribution in [0.3, 0.4) is 0 Å². The second kappa shape index (κ2) is 8.99. The first-order valence-corrected chi connectivity index (χ1v) is 8.68. The predicted octanol–water partition coefficient (Wildman–Crippen LogP) is 3.18. The number of hydrogen-bond acceptors (Lipinski definition) is 4. The summed E-state index contributed by atoms with van der Waals surface area (Å²) < 4.78 is 5.37. The zero-order valence-electron chi connectivity index (χ0n) is 15.6. The highest BCUT2D eigenvalue weighted by Gasteiger charge is 2.25. The van der Waals surface area contributed by atoms with E-state index in [0.717, 1.165) is 5.56 Å². The summed E-state index contributed by atoms with van der Waals surface area (Å²) in [7, 11) is 0. The maximum Gasteiger partial charge on any atom is 0.251 e. The number of hydrogen-bond donors (Lipinski definition) is 2. The molecule has 0 saturated heterocycles. The molecule has 0 fully saturated rings. The molecule has 2 N–H and O–H groups in total. The number of nitrogens with one attached hydrogen (secondary N) is 2. The lowest BCUT2D eigenvalue weighted by Crippen LogP contribution is -2.47. The van der Waals surface area contributed by atoms with E-state index in [1.54, 1.807) is 36.5 Å². The fourth-order valence-electron chi connectivity index (χ4n) is 2.44. The van der Waals surface area contributed by atoms with Crippen molar-refractivity contribution in [1.29, 1.82) is 0 Å². The number of carbonyl (C=O) groups is 2. The molecule has 0 bridgehead atoms. The van der Waals surface area contributed by atoms with Crippen molar-refractivity contribution in [2.45, 2.75) is 33.7 Å². The second-order valence-corrected chi connectivity index (χ2v) is 6.36. The van der Waals surface area contributed by atoms with Gasteiger partial charge in [-0.05, 0) is 61.7 Å². The molecule has 26 heavy (non-hydrogen) atoms. The lowest BCUT2D eigenvalue weighted by molar-refractivity contribution is -0.118. The molecule has 0 aliphatic carbocycles. The highest BCUT2D eigenvalue weighted by atomic mass is 16.5. The molecule has 1 unspecified atom stereocenters. The minimum Gasteiger partial charge on any atom is -0.494 e. The Morgan fingerprint density at radius 1 is 1.15 bits per heavy atom. The summed E-state index contributed by atoms with van der Waals surface area (Å²) in [5.41, 5.74) is 1.47. The third-order valence-corrected chi connectivity index (χ3v) is 3.83. The van der Waals surface area contributed by atoms with Crippen molar-refractivity contribution in [3.8, 4) is 5.75 Å². The number of aryl methyl sites for hydroxylation is 1. The van der Waals surface area contributed by atoms with Gasteiger partial charge in [0.2, 0.25) is 5.91 Å². The lowest BCUT2D eigenvalue weighted by atomic mass is 10.0. The fraction of sp³-hybridized carbons (Fsp3) is 0.350. The Hall–Kier alpha value is -2.89. The maximum absolute atomic E-state index is 12.6. The highest BCUT2D eigenvalue weighted by Crippen LogP contribution is 2.14. The zero-order valence-corrected chi connectivity index (χ0v) is 15.6. The van der Waals surface area contributed by atoms with Crippen molar-refractivity contribution in [3.63, 3.8) is 0 Å². The van der Waals surface area contributed by atoms with Crippen LogP contribution in [-0.4, -0.2) is 29.4 Å². The van der Waals surface area contributed by atoms with Crippen LogP contribution in [0.4, 0.5) is 5.82 Å². The van der Waals surface area contributed by atoms with Crippen LogP contribution in [0.5, 0.6) is 5.75 Å². The second-order valence-electron chi connectivity index (χ2n) is 6.36. The molecule has 0 saturated carbocycles. The number of anilines is 1. The number of amides is 2. The van der Waals surface area contributed by atoms with Gasteiger partial charge in [0.1, 0.15) is 17.6 Å². The van der Waals surface area contributed by atoms with Gasteiger partial charge in [0.05, 0.1) is 6.61 Å². The van der Waals surface area contributed by atoms with Gasteiger partial charge in [-0.25, -0.2) is 4.98 Å². The first kappa shape index (κ1) is 19.4. The Bertz CT molecular complexity index is 757. The molecule has 1 heterocycles. The standard InChI is InChI=1S/C20H25N3O3/c1-5-26-16-8-6-15(7-9-16)19(24)23-18(13(2)3)20(25)22-17-12-14(4)10-11-21-17/h6-13,18H,5H2,1-4H3,(H,23,24)(H,21,22,25). The van der Waals surface area contributed by atoms with Gasteiger partial charge in [-0.15, -0.1) is 0 Å². The number of aromatic nitrogens is 1. The van der Waals surface area contributed by atoms with E-state index in [9.17, 15) is 9.59 Å². The molecule has 2 aromatic rings. The Balaban J connectivity index is 2.06. The zero-order chi connectivity index (χ0) is 19.1. The van der Waals surface area contributed by atoms with Crippen molar-refractivity contribution < 1.29 is 14.3 Å². The number of pyridine rings is 1. The van der Waals surface area contributed by atoms with Crippen molar-refractivity contribution in [2.24, 2.45) is 5.92 Å². The third kappa shape index (κ3) is 5.31.